The predicted octanol–water partition coefficient (Wildman–Crippen LogP) is 2.56. The quantitative estimate of drug-likeness (QED) is 0.845. The fourth-order valence-corrected chi connectivity index (χ4v) is 4.15. The van der Waals surface area contributed by atoms with E-state index in [9.17, 15) is 4.79 Å². The van der Waals surface area contributed by atoms with E-state index in [1.54, 1.807) is 4.68 Å². The second kappa shape index (κ2) is 7.52. The highest BCUT2D eigenvalue weighted by atomic mass is 35.5. The lowest BCUT2D eigenvalue weighted by Gasteiger charge is -2.38. The molecule has 3 heterocycles. The number of carbonyl (C=O) groups excluding carboxylic acids is 1. The predicted molar refractivity (Wildman–Crippen MR) is 106 cm³/mol. The summed E-state index contributed by atoms with van der Waals surface area (Å²) in [5, 5.41) is 10.9. The zero-order valence-corrected chi connectivity index (χ0v) is 16.8. The summed E-state index contributed by atoms with van der Waals surface area (Å²) in [5.41, 5.74) is 1.87. The lowest BCUT2D eigenvalue weighted by molar-refractivity contribution is -0.126. The highest BCUT2D eigenvalue weighted by Crippen LogP contribution is 2.39. The van der Waals surface area contributed by atoms with Crippen molar-refractivity contribution in [3.63, 3.8) is 0 Å². The number of aromatic nitrogens is 2. The molecular weight excluding hydrogens is 364 g/mol. The summed E-state index contributed by atoms with van der Waals surface area (Å²) >= 11 is 0. The molecule has 0 spiro atoms. The van der Waals surface area contributed by atoms with Gasteiger partial charge in [-0.05, 0) is 25.5 Å². The molecule has 146 valence electrons. The third-order valence-corrected chi connectivity index (χ3v) is 5.40. The Morgan fingerprint density at radius 2 is 2.11 bits per heavy atom. The number of amides is 1. The highest BCUT2D eigenvalue weighted by molar-refractivity contribution is 5.85. The van der Waals surface area contributed by atoms with E-state index in [4.69, 9.17) is 4.74 Å². The van der Waals surface area contributed by atoms with Crippen LogP contribution in [0.5, 0.6) is 5.75 Å². The number of para-hydroxylation sites is 1. The molecule has 0 bridgehead atoms. The lowest BCUT2D eigenvalue weighted by Crippen LogP contribution is -2.43. The van der Waals surface area contributed by atoms with Crippen molar-refractivity contribution >= 4 is 18.3 Å². The maximum absolute atomic E-state index is 13.1. The highest BCUT2D eigenvalue weighted by Gasteiger charge is 2.39. The van der Waals surface area contributed by atoms with Gasteiger partial charge in [0.25, 0.3) is 0 Å². The molecule has 6 nitrogen and oxygen atoms in total. The van der Waals surface area contributed by atoms with Crippen molar-refractivity contribution in [2.24, 2.45) is 13.0 Å². The molecule has 1 aromatic carbocycles. The standard InChI is InChI=1S/C20H26N4O2.ClH/c1-20(2)8-17(14-6-4-5-7-18(14)26-20)23-19(25)16-11-21-10-15(16)13-9-22-24(3)12-13;/h4-7,9,12,15-17,21H,8,10-11H2,1-3H3,(H,23,25);1H/t15-,16+,17?;/m1./s1. The number of aryl methyl sites for hydroxylation is 1. The van der Waals surface area contributed by atoms with Gasteiger partial charge in [0.15, 0.2) is 0 Å². The van der Waals surface area contributed by atoms with Crippen molar-refractivity contribution in [3.05, 3.63) is 47.8 Å². The minimum absolute atomic E-state index is 0. The summed E-state index contributed by atoms with van der Waals surface area (Å²) < 4.78 is 7.87. The second-order valence-corrected chi connectivity index (χ2v) is 7.98. The van der Waals surface area contributed by atoms with Crippen molar-refractivity contribution in [1.29, 1.82) is 0 Å². The molecule has 1 saturated heterocycles. The van der Waals surface area contributed by atoms with Gasteiger partial charge in [0.2, 0.25) is 5.91 Å². The Labute approximate surface area is 166 Å². The first-order valence-corrected chi connectivity index (χ1v) is 9.20. The molecule has 3 atom stereocenters. The Morgan fingerprint density at radius 1 is 1.33 bits per heavy atom. The molecular formula is C20H27ClN4O2. The number of nitrogens with one attached hydrogen (secondary N) is 2. The van der Waals surface area contributed by atoms with E-state index in [1.165, 1.54) is 0 Å². The van der Waals surface area contributed by atoms with Gasteiger partial charge in [-0.1, -0.05) is 18.2 Å². The average molecular weight is 391 g/mol. The third-order valence-electron chi connectivity index (χ3n) is 5.40. The van der Waals surface area contributed by atoms with E-state index in [2.05, 4.69) is 29.6 Å². The largest absolute Gasteiger partial charge is 0.487 e. The van der Waals surface area contributed by atoms with Crippen LogP contribution in [-0.2, 0) is 11.8 Å². The molecule has 1 aromatic heterocycles. The van der Waals surface area contributed by atoms with Crippen LogP contribution >= 0.6 is 12.4 Å². The Bertz CT molecular complexity index is 820. The van der Waals surface area contributed by atoms with Crippen LogP contribution in [-0.4, -0.2) is 34.4 Å². The van der Waals surface area contributed by atoms with E-state index in [1.807, 2.05) is 43.7 Å². The van der Waals surface area contributed by atoms with Crippen molar-refractivity contribution in [2.75, 3.05) is 13.1 Å². The van der Waals surface area contributed by atoms with E-state index in [-0.39, 0.29) is 41.8 Å². The summed E-state index contributed by atoms with van der Waals surface area (Å²) in [6.45, 7) is 5.63. The first-order valence-electron chi connectivity index (χ1n) is 9.20. The number of carbonyl (C=O) groups is 1. The van der Waals surface area contributed by atoms with Crippen LogP contribution in [0.2, 0.25) is 0 Å². The van der Waals surface area contributed by atoms with Crippen molar-refractivity contribution < 1.29 is 9.53 Å². The van der Waals surface area contributed by atoms with Gasteiger partial charge < -0.3 is 15.4 Å². The second-order valence-electron chi connectivity index (χ2n) is 7.98. The molecule has 1 unspecified atom stereocenters. The van der Waals surface area contributed by atoms with Gasteiger partial charge >= 0.3 is 0 Å². The normalized spacial score (nSPS) is 25.8. The summed E-state index contributed by atoms with van der Waals surface area (Å²) in [4.78, 5) is 13.1. The van der Waals surface area contributed by atoms with Gasteiger partial charge in [0.1, 0.15) is 11.4 Å². The molecule has 0 saturated carbocycles. The monoisotopic (exact) mass is 390 g/mol. The number of hydrogen-bond donors (Lipinski definition) is 2. The lowest BCUT2D eigenvalue weighted by atomic mass is 9.87. The van der Waals surface area contributed by atoms with Gasteiger partial charge in [-0.15, -0.1) is 12.4 Å². The molecule has 0 aliphatic carbocycles. The number of rotatable bonds is 3. The van der Waals surface area contributed by atoms with Crippen LogP contribution < -0.4 is 15.4 Å². The topological polar surface area (TPSA) is 68.2 Å². The maximum atomic E-state index is 13.1. The van der Waals surface area contributed by atoms with Crippen LogP contribution in [0.25, 0.3) is 0 Å². The van der Waals surface area contributed by atoms with E-state index in [0.717, 1.165) is 29.8 Å². The summed E-state index contributed by atoms with van der Waals surface area (Å²) in [6.07, 6.45) is 4.63. The molecule has 27 heavy (non-hydrogen) atoms. The zero-order chi connectivity index (χ0) is 18.3. The first-order chi connectivity index (χ1) is 12.4. The fraction of sp³-hybridized carbons (Fsp3) is 0.500. The van der Waals surface area contributed by atoms with Crippen LogP contribution in [0, 0.1) is 5.92 Å². The molecule has 0 radical (unpaired) electrons. The molecule has 1 amide bonds. The molecule has 2 aliphatic rings. The van der Waals surface area contributed by atoms with Crippen molar-refractivity contribution in [1.82, 2.24) is 20.4 Å². The average Bonchev–Trinajstić information content (AvgIpc) is 3.22. The summed E-state index contributed by atoms with van der Waals surface area (Å²) in [5.74, 6) is 1.04. The maximum Gasteiger partial charge on any atom is 0.225 e. The van der Waals surface area contributed by atoms with Crippen molar-refractivity contribution in [2.45, 2.75) is 37.8 Å². The van der Waals surface area contributed by atoms with Crippen molar-refractivity contribution in [3.8, 4) is 5.75 Å². The number of ether oxygens (including phenoxy) is 1. The smallest absolute Gasteiger partial charge is 0.225 e. The van der Waals surface area contributed by atoms with Crippen LogP contribution in [0.4, 0.5) is 0 Å². The molecule has 2 aliphatic heterocycles. The minimum atomic E-state index is -0.303. The number of nitrogens with zero attached hydrogens (tertiary/aromatic N) is 2. The van der Waals surface area contributed by atoms with E-state index >= 15 is 0 Å². The van der Waals surface area contributed by atoms with Gasteiger partial charge in [-0.2, -0.15) is 5.10 Å². The number of fused-ring (bicyclic) bond motifs is 1. The van der Waals surface area contributed by atoms with Gasteiger partial charge in [-0.3, -0.25) is 9.48 Å². The molecule has 7 heteroatoms. The van der Waals surface area contributed by atoms with Gasteiger partial charge in [-0.25, -0.2) is 0 Å². The van der Waals surface area contributed by atoms with Crippen LogP contribution in [0.1, 0.15) is 43.4 Å². The molecule has 2 aromatic rings. The zero-order valence-electron chi connectivity index (χ0n) is 15.9. The summed E-state index contributed by atoms with van der Waals surface area (Å²) in [7, 11) is 1.90. The first kappa shape index (κ1) is 19.7. The van der Waals surface area contributed by atoms with Crippen LogP contribution in [0.15, 0.2) is 36.7 Å². The van der Waals surface area contributed by atoms with E-state index < -0.39 is 0 Å². The number of hydrogen-bond acceptors (Lipinski definition) is 4. The SMILES string of the molecule is Cl.Cn1cc([C@H]2CNC[C@@H]2C(=O)NC2CC(C)(C)Oc3ccccc32)cn1. The molecule has 1 fully saturated rings. The summed E-state index contributed by atoms with van der Waals surface area (Å²) in [6, 6.07) is 7.96. The Kier molecular flexibility index (Phi) is 5.49. The molecule has 2 N–H and O–H groups in total. The number of halogens is 1. The van der Waals surface area contributed by atoms with Gasteiger partial charge in [0, 0.05) is 44.2 Å². The Morgan fingerprint density at radius 3 is 2.85 bits per heavy atom. The number of benzene rings is 1. The fourth-order valence-electron chi connectivity index (χ4n) is 4.15. The molecule has 4 rings (SSSR count). The Balaban J connectivity index is 0.00000210. The van der Waals surface area contributed by atoms with Gasteiger partial charge in [0.05, 0.1) is 18.2 Å². The third kappa shape index (κ3) is 3.96. The van der Waals surface area contributed by atoms with Crippen LogP contribution in [0.3, 0.4) is 0 Å². The van der Waals surface area contributed by atoms with E-state index in [0.29, 0.717) is 6.54 Å². The minimum Gasteiger partial charge on any atom is -0.487 e. The Hall–Kier alpha value is -2.05.